The van der Waals surface area contributed by atoms with Crippen LogP contribution in [0.2, 0.25) is 0 Å². The van der Waals surface area contributed by atoms with Gasteiger partial charge in [0, 0.05) is 45.0 Å². The van der Waals surface area contributed by atoms with Gasteiger partial charge in [0.25, 0.3) is 10.2 Å². The lowest BCUT2D eigenvalue weighted by molar-refractivity contribution is -0.135. The number of carbonyl (C=O) groups is 1. The van der Waals surface area contributed by atoms with Crippen LogP contribution in [0.3, 0.4) is 0 Å². The minimum absolute atomic E-state index is 0.0281. The van der Waals surface area contributed by atoms with Crippen LogP contribution in [0.15, 0.2) is 6.07 Å². The number of nitrogens with zero attached hydrogens (tertiary/aromatic N) is 5. The van der Waals surface area contributed by atoms with Crippen molar-refractivity contribution in [3.8, 4) is 0 Å². The minimum Gasteiger partial charge on any atom is -0.379 e. The molecule has 0 aliphatic carbocycles. The molecule has 1 aromatic rings. The number of morpholine rings is 1. The largest absolute Gasteiger partial charge is 0.379 e. The monoisotopic (exact) mass is 385 g/mol. The maximum Gasteiger partial charge on any atom is 0.282 e. The van der Waals surface area contributed by atoms with Gasteiger partial charge in [0.2, 0.25) is 5.91 Å². The van der Waals surface area contributed by atoms with Gasteiger partial charge in [-0.2, -0.15) is 22.1 Å². The SMILES string of the molecule is Cc1cc(C)n(C(C)C(=O)N2CCN(S(=O)(=O)N3CCOCC3)CC2)n1. The van der Waals surface area contributed by atoms with Crippen molar-refractivity contribution < 1.29 is 17.9 Å². The molecule has 0 N–H and O–H groups in total. The van der Waals surface area contributed by atoms with Gasteiger partial charge in [-0.1, -0.05) is 0 Å². The van der Waals surface area contributed by atoms with E-state index in [1.54, 1.807) is 9.58 Å². The van der Waals surface area contributed by atoms with Gasteiger partial charge in [0.1, 0.15) is 6.04 Å². The molecule has 0 radical (unpaired) electrons. The number of piperazine rings is 1. The van der Waals surface area contributed by atoms with Gasteiger partial charge in [-0.3, -0.25) is 9.48 Å². The summed E-state index contributed by atoms with van der Waals surface area (Å²) in [6, 6.07) is 1.54. The van der Waals surface area contributed by atoms with Gasteiger partial charge in [-0.15, -0.1) is 0 Å². The summed E-state index contributed by atoms with van der Waals surface area (Å²) in [6.07, 6.45) is 0. The number of aromatic nitrogens is 2. The summed E-state index contributed by atoms with van der Waals surface area (Å²) in [7, 11) is -3.48. The summed E-state index contributed by atoms with van der Waals surface area (Å²) in [5.41, 5.74) is 1.82. The molecular weight excluding hydrogens is 358 g/mol. The molecule has 9 nitrogen and oxygen atoms in total. The average Bonchev–Trinajstić information content (AvgIpc) is 2.99. The number of hydrogen-bond donors (Lipinski definition) is 0. The highest BCUT2D eigenvalue weighted by Gasteiger charge is 2.35. The molecule has 0 aromatic carbocycles. The number of hydrogen-bond acceptors (Lipinski definition) is 5. The van der Waals surface area contributed by atoms with E-state index < -0.39 is 16.3 Å². The van der Waals surface area contributed by atoms with Crippen LogP contribution >= 0.6 is 0 Å². The lowest BCUT2D eigenvalue weighted by Gasteiger charge is -2.38. The Labute approximate surface area is 154 Å². The van der Waals surface area contributed by atoms with E-state index in [2.05, 4.69) is 5.10 Å². The lowest BCUT2D eigenvalue weighted by Crippen LogP contribution is -2.56. The number of rotatable bonds is 4. The van der Waals surface area contributed by atoms with Crippen LogP contribution in [0.4, 0.5) is 0 Å². The molecule has 1 atom stereocenters. The van der Waals surface area contributed by atoms with Crippen LogP contribution in [0.5, 0.6) is 0 Å². The van der Waals surface area contributed by atoms with Gasteiger partial charge >= 0.3 is 0 Å². The first kappa shape index (κ1) is 19.3. The summed E-state index contributed by atoms with van der Waals surface area (Å²) in [4.78, 5) is 14.5. The minimum atomic E-state index is -3.48. The molecule has 2 saturated heterocycles. The zero-order chi connectivity index (χ0) is 18.9. The molecule has 0 bridgehead atoms. The van der Waals surface area contributed by atoms with Crippen LogP contribution < -0.4 is 0 Å². The Bertz CT molecular complexity index is 749. The number of ether oxygens (including phenoxy) is 1. The van der Waals surface area contributed by atoms with Crippen LogP contribution in [-0.2, 0) is 19.7 Å². The first-order chi connectivity index (χ1) is 12.3. The van der Waals surface area contributed by atoms with Crippen molar-refractivity contribution in [3.05, 3.63) is 17.5 Å². The molecule has 3 heterocycles. The van der Waals surface area contributed by atoms with E-state index in [1.807, 2.05) is 26.8 Å². The average molecular weight is 385 g/mol. The fourth-order valence-corrected chi connectivity index (χ4v) is 5.05. The highest BCUT2D eigenvalue weighted by atomic mass is 32.2. The molecule has 2 aliphatic heterocycles. The predicted molar refractivity (Wildman–Crippen MR) is 95.9 cm³/mol. The van der Waals surface area contributed by atoms with Gasteiger partial charge < -0.3 is 9.64 Å². The standard InChI is InChI=1S/C16H27N5O4S/c1-13-12-14(2)21(17-13)15(3)16(22)18-4-6-19(7-5-18)26(23,24)20-8-10-25-11-9-20/h12,15H,4-11H2,1-3H3. The quantitative estimate of drug-likeness (QED) is 0.715. The number of carbonyl (C=O) groups excluding carboxylic acids is 1. The van der Waals surface area contributed by atoms with Gasteiger partial charge in [-0.25, -0.2) is 0 Å². The van der Waals surface area contributed by atoms with Crippen molar-refractivity contribution in [3.63, 3.8) is 0 Å². The molecule has 2 fully saturated rings. The Morgan fingerprint density at radius 2 is 1.65 bits per heavy atom. The number of aryl methyl sites for hydroxylation is 2. The molecule has 146 valence electrons. The van der Waals surface area contributed by atoms with E-state index in [0.29, 0.717) is 52.5 Å². The smallest absolute Gasteiger partial charge is 0.282 e. The zero-order valence-corrected chi connectivity index (χ0v) is 16.4. The predicted octanol–water partition coefficient (Wildman–Crippen LogP) is -0.218. The van der Waals surface area contributed by atoms with Crippen molar-refractivity contribution in [1.82, 2.24) is 23.3 Å². The van der Waals surface area contributed by atoms with Crippen molar-refractivity contribution in [2.24, 2.45) is 0 Å². The second-order valence-corrected chi connectivity index (χ2v) is 8.72. The summed E-state index contributed by atoms with van der Waals surface area (Å²) in [6.45, 7) is 8.70. The first-order valence-corrected chi connectivity index (χ1v) is 10.3. The van der Waals surface area contributed by atoms with E-state index >= 15 is 0 Å². The molecule has 0 spiro atoms. The van der Waals surface area contributed by atoms with E-state index in [1.165, 1.54) is 8.61 Å². The Morgan fingerprint density at radius 1 is 1.08 bits per heavy atom. The van der Waals surface area contributed by atoms with Crippen LogP contribution in [0.1, 0.15) is 24.4 Å². The number of amides is 1. The Morgan fingerprint density at radius 3 is 2.19 bits per heavy atom. The second kappa shape index (κ2) is 7.63. The third-order valence-corrected chi connectivity index (χ3v) is 6.98. The molecule has 1 unspecified atom stereocenters. The van der Waals surface area contributed by atoms with E-state index in [0.717, 1.165) is 11.4 Å². The van der Waals surface area contributed by atoms with Crippen molar-refractivity contribution >= 4 is 16.1 Å². The Balaban J connectivity index is 1.61. The molecule has 3 rings (SSSR count). The highest BCUT2D eigenvalue weighted by Crippen LogP contribution is 2.18. The van der Waals surface area contributed by atoms with E-state index in [4.69, 9.17) is 4.74 Å². The van der Waals surface area contributed by atoms with Gasteiger partial charge in [0.05, 0.1) is 18.9 Å². The summed E-state index contributed by atoms with van der Waals surface area (Å²) in [5.74, 6) is -0.0281. The fraction of sp³-hybridized carbons (Fsp3) is 0.750. The first-order valence-electron chi connectivity index (χ1n) is 8.95. The molecule has 0 saturated carbocycles. The maximum absolute atomic E-state index is 12.8. The maximum atomic E-state index is 12.8. The Kier molecular flexibility index (Phi) is 5.66. The van der Waals surface area contributed by atoms with E-state index in [9.17, 15) is 13.2 Å². The van der Waals surface area contributed by atoms with Crippen molar-refractivity contribution in [2.45, 2.75) is 26.8 Å². The molecule has 2 aliphatic rings. The third kappa shape index (κ3) is 3.78. The summed E-state index contributed by atoms with van der Waals surface area (Å²) < 4.78 is 35.3. The molecule has 10 heteroatoms. The van der Waals surface area contributed by atoms with E-state index in [-0.39, 0.29) is 5.91 Å². The van der Waals surface area contributed by atoms with Gasteiger partial charge in [0.15, 0.2) is 0 Å². The third-order valence-electron chi connectivity index (χ3n) is 4.94. The zero-order valence-electron chi connectivity index (χ0n) is 15.6. The molecular formula is C16H27N5O4S. The van der Waals surface area contributed by atoms with Crippen LogP contribution in [0.25, 0.3) is 0 Å². The van der Waals surface area contributed by atoms with Crippen LogP contribution in [-0.4, -0.2) is 90.1 Å². The topological polar surface area (TPSA) is 88.0 Å². The molecule has 1 aromatic heterocycles. The summed E-state index contributed by atoms with van der Waals surface area (Å²) in [5, 5.41) is 4.39. The lowest BCUT2D eigenvalue weighted by atomic mass is 10.2. The highest BCUT2D eigenvalue weighted by molar-refractivity contribution is 7.86. The Hall–Kier alpha value is -1.49. The molecule has 1 amide bonds. The van der Waals surface area contributed by atoms with Crippen molar-refractivity contribution in [1.29, 1.82) is 0 Å². The molecule has 26 heavy (non-hydrogen) atoms. The summed E-state index contributed by atoms with van der Waals surface area (Å²) >= 11 is 0. The van der Waals surface area contributed by atoms with Crippen LogP contribution in [0, 0.1) is 13.8 Å². The van der Waals surface area contributed by atoms with Gasteiger partial charge in [-0.05, 0) is 26.8 Å². The fourth-order valence-electron chi connectivity index (χ4n) is 3.49. The van der Waals surface area contributed by atoms with Crippen molar-refractivity contribution in [2.75, 3.05) is 52.5 Å². The normalized spacial score (nSPS) is 21.7. The second-order valence-electron chi connectivity index (χ2n) is 6.79.